The molecule has 0 atom stereocenters. The molecule has 1 aromatic heterocycles. The molecule has 0 bridgehead atoms. The normalized spacial score (nSPS) is 10.9. The first kappa shape index (κ1) is 12.8. The Hall–Kier alpha value is -1.62. The molecule has 0 aliphatic rings. The minimum Gasteiger partial charge on any atom is -0.247 e. The Bertz CT molecular complexity index is 633. The van der Waals surface area contributed by atoms with Crippen LogP contribution in [0.3, 0.4) is 0 Å². The van der Waals surface area contributed by atoms with E-state index in [0.29, 0.717) is 24.5 Å². The van der Waals surface area contributed by atoms with E-state index < -0.39 is 5.82 Å². The van der Waals surface area contributed by atoms with E-state index >= 15 is 0 Å². The van der Waals surface area contributed by atoms with Gasteiger partial charge in [-0.2, -0.15) is 5.10 Å². The van der Waals surface area contributed by atoms with Gasteiger partial charge in [0.15, 0.2) is 0 Å². The number of hydrogen-bond donors (Lipinski definition) is 0. The third-order valence-corrected chi connectivity index (χ3v) is 2.97. The third kappa shape index (κ3) is 2.06. The molecule has 0 N–H and O–H groups in total. The van der Waals surface area contributed by atoms with Gasteiger partial charge >= 0.3 is 5.69 Å². The lowest BCUT2D eigenvalue weighted by molar-refractivity contribution is 0.623. The van der Waals surface area contributed by atoms with Crippen LogP contribution in [0.2, 0.25) is 5.02 Å². The van der Waals surface area contributed by atoms with Crippen molar-refractivity contribution in [3.8, 4) is 5.69 Å². The molecular weight excluding hydrogens is 257 g/mol. The lowest BCUT2D eigenvalue weighted by atomic mass is 10.3. The summed E-state index contributed by atoms with van der Waals surface area (Å²) < 4.78 is 16.0. The highest BCUT2D eigenvalue weighted by Gasteiger charge is 2.13. The van der Waals surface area contributed by atoms with Crippen LogP contribution >= 0.6 is 11.6 Å². The van der Waals surface area contributed by atoms with Crippen molar-refractivity contribution in [1.29, 1.82) is 0 Å². The summed E-state index contributed by atoms with van der Waals surface area (Å²) in [4.78, 5) is 12.1. The zero-order valence-electron chi connectivity index (χ0n) is 10.2. The van der Waals surface area contributed by atoms with Crippen molar-refractivity contribution in [3.05, 3.63) is 45.3 Å². The number of aromatic nitrogens is 3. The topological polar surface area (TPSA) is 39.8 Å². The summed E-state index contributed by atoms with van der Waals surface area (Å²) >= 11 is 5.73. The van der Waals surface area contributed by atoms with Gasteiger partial charge in [-0.25, -0.2) is 18.4 Å². The molecule has 96 valence electrons. The maximum absolute atomic E-state index is 13.1. The van der Waals surface area contributed by atoms with Crippen LogP contribution < -0.4 is 5.69 Å². The second-order valence-corrected chi connectivity index (χ2v) is 4.21. The molecule has 2 aromatic rings. The molecule has 0 saturated heterocycles. The van der Waals surface area contributed by atoms with Crippen LogP contribution in [0.25, 0.3) is 5.69 Å². The van der Waals surface area contributed by atoms with Gasteiger partial charge < -0.3 is 0 Å². The Morgan fingerprint density at radius 1 is 1.39 bits per heavy atom. The zero-order chi connectivity index (χ0) is 13.3. The summed E-state index contributed by atoms with van der Waals surface area (Å²) in [6.07, 6.45) is 0.608. The third-order valence-electron chi connectivity index (χ3n) is 2.68. The Labute approximate surface area is 109 Å². The molecule has 2 rings (SSSR count). The van der Waals surface area contributed by atoms with Gasteiger partial charge in [0.05, 0.1) is 10.7 Å². The van der Waals surface area contributed by atoms with Gasteiger partial charge in [0.1, 0.15) is 11.6 Å². The molecule has 0 fully saturated rings. The fourth-order valence-electron chi connectivity index (χ4n) is 1.77. The number of rotatable bonds is 3. The molecule has 0 radical (unpaired) electrons. The molecule has 6 heteroatoms. The predicted molar refractivity (Wildman–Crippen MR) is 67.8 cm³/mol. The van der Waals surface area contributed by atoms with E-state index in [-0.39, 0.29) is 10.7 Å². The van der Waals surface area contributed by atoms with Gasteiger partial charge in [0.2, 0.25) is 0 Å². The molecular formula is C12H13ClFN3O. The summed E-state index contributed by atoms with van der Waals surface area (Å²) in [6.45, 7) is 4.24. The highest BCUT2D eigenvalue weighted by atomic mass is 35.5. The number of benzene rings is 1. The summed E-state index contributed by atoms with van der Waals surface area (Å²) in [5, 5.41) is 4.20. The summed E-state index contributed by atoms with van der Waals surface area (Å²) in [5.74, 6) is 0.124. The van der Waals surface area contributed by atoms with Gasteiger partial charge in [-0.15, -0.1) is 0 Å². The van der Waals surface area contributed by atoms with Gasteiger partial charge in [-0.1, -0.05) is 18.5 Å². The average molecular weight is 270 g/mol. The Morgan fingerprint density at radius 3 is 2.67 bits per heavy atom. The molecule has 1 heterocycles. The number of hydrogen-bond acceptors (Lipinski definition) is 2. The molecule has 0 aliphatic carbocycles. The monoisotopic (exact) mass is 269 g/mol. The van der Waals surface area contributed by atoms with Gasteiger partial charge in [0.25, 0.3) is 0 Å². The van der Waals surface area contributed by atoms with Crippen LogP contribution in [0.15, 0.2) is 23.0 Å². The van der Waals surface area contributed by atoms with Gasteiger partial charge in [-0.3, -0.25) is 0 Å². The maximum Gasteiger partial charge on any atom is 0.350 e. The zero-order valence-corrected chi connectivity index (χ0v) is 10.9. The van der Waals surface area contributed by atoms with Crippen molar-refractivity contribution in [2.24, 2.45) is 0 Å². The Morgan fingerprint density at radius 2 is 2.11 bits per heavy atom. The van der Waals surface area contributed by atoms with Crippen molar-refractivity contribution in [2.75, 3.05) is 0 Å². The second kappa shape index (κ2) is 4.94. The number of aryl methyl sites for hydroxylation is 2. The fourth-order valence-corrected chi connectivity index (χ4v) is 1.95. The maximum atomic E-state index is 13.1. The molecule has 0 unspecified atom stereocenters. The van der Waals surface area contributed by atoms with Crippen LogP contribution in [0.1, 0.15) is 19.7 Å². The van der Waals surface area contributed by atoms with Crippen LogP contribution in [0.5, 0.6) is 0 Å². The molecule has 0 amide bonds. The molecule has 18 heavy (non-hydrogen) atoms. The fraction of sp³-hybridized carbons (Fsp3) is 0.333. The van der Waals surface area contributed by atoms with Crippen molar-refractivity contribution in [3.63, 3.8) is 0 Å². The first-order chi connectivity index (χ1) is 8.58. The smallest absolute Gasteiger partial charge is 0.247 e. The number of nitrogens with zero attached hydrogens (tertiary/aromatic N) is 3. The van der Waals surface area contributed by atoms with E-state index in [1.165, 1.54) is 27.4 Å². The highest BCUT2D eigenvalue weighted by molar-refractivity contribution is 6.30. The van der Waals surface area contributed by atoms with E-state index in [2.05, 4.69) is 5.10 Å². The van der Waals surface area contributed by atoms with Crippen molar-refractivity contribution in [1.82, 2.24) is 14.3 Å². The molecule has 0 saturated carbocycles. The van der Waals surface area contributed by atoms with E-state index in [0.717, 1.165) is 0 Å². The quantitative estimate of drug-likeness (QED) is 0.858. The van der Waals surface area contributed by atoms with Crippen LogP contribution in [0, 0.1) is 5.82 Å². The summed E-state index contributed by atoms with van der Waals surface area (Å²) in [5.41, 5.74) is 0.292. The minimum absolute atomic E-state index is 0.00861. The lowest BCUT2D eigenvalue weighted by Crippen LogP contribution is -2.23. The average Bonchev–Trinajstić information content (AvgIpc) is 2.69. The van der Waals surface area contributed by atoms with Crippen LogP contribution in [0.4, 0.5) is 4.39 Å². The largest absolute Gasteiger partial charge is 0.350 e. The highest BCUT2D eigenvalue weighted by Crippen LogP contribution is 2.18. The molecule has 0 spiro atoms. The summed E-state index contributed by atoms with van der Waals surface area (Å²) in [6, 6.07) is 4.19. The Balaban J connectivity index is 2.66. The lowest BCUT2D eigenvalue weighted by Gasteiger charge is -2.04. The Kier molecular flexibility index (Phi) is 3.52. The SMILES string of the molecule is CCc1nn(CC)c(=O)n1-c1ccc(F)c(Cl)c1. The molecule has 1 aromatic carbocycles. The first-order valence-electron chi connectivity index (χ1n) is 5.72. The second-order valence-electron chi connectivity index (χ2n) is 3.80. The van der Waals surface area contributed by atoms with E-state index in [1.807, 2.05) is 13.8 Å². The minimum atomic E-state index is -0.505. The van der Waals surface area contributed by atoms with Gasteiger partial charge in [-0.05, 0) is 25.1 Å². The predicted octanol–water partition coefficient (Wildman–Crippen LogP) is 2.41. The van der Waals surface area contributed by atoms with E-state index in [1.54, 1.807) is 0 Å². The van der Waals surface area contributed by atoms with E-state index in [9.17, 15) is 9.18 Å². The molecule has 0 aliphatic heterocycles. The standard InChI is InChI=1S/C12H13ClFN3O/c1-3-11-15-16(4-2)12(18)17(11)8-5-6-10(14)9(13)7-8/h5-7H,3-4H2,1-2H3. The molecule has 4 nitrogen and oxygen atoms in total. The van der Waals surface area contributed by atoms with Crippen LogP contribution in [-0.4, -0.2) is 14.3 Å². The van der Waals surface area contributed by atoms with Crippen molar-refractivity contribution >= 4 is 11.6 Å². The van der Waals surface area contributed by atoms with Crippen LogP contribution in [-0.2, 0) is 13.0 Å². The van der Waals surface area contributed by atoms with Crippen molar-refractivity contribution < 1.29 is 4.39 Å². The number of halogens is 2. The van der Waals surface area contributed by atoms with Crippen molar-refractivity contribution in [2.45, 2.75) is 26.8 Å². The summed E-state index contributed by atoms with van der Waals surface area (Å²) in [7, 11) is 0. The van der Waals surface area contributed by atoms with Gasteiger partial charge in [0, 0.05) is 13.0 Å². The van der Waals surface area contributed by atoms with E-state index in [4.69, 9.17) is 11.6 Å². The first-order valence-corrected chi connectivity index (χ1v) is 6.10.